The number of benzene rings is 1. The third kappa shape index (κ3) is 2.88. The maximum absolute atomic E-state index is 12.7. The fraction of sp³-hybridized carbons (Fsp3) is 0.438. The number of hydrogen-bond donors (Lipinski definition) is 1. The molecule has 1 aliphatic rings. The van der Waals surface area contributed by atoms with Crippen LogP contribution in [0.15, 0.2) is 30.6 Å². The molecule has 0 spiro atoms. The van der Waals surface area contributed by atoms with Crippen molar-refractivity contribution in [3.63, 3.8) is 0 Å². The fourth-order valence-electron chi connectivity index (χ4n) is 2.89. The Morgan fingerprint density at radius 1 is 1.43 bits per heavy atom. The summed E-state index contributed by atoms with van der Waals surface area (Å²) in [5, 5.41) is 7.51. The van der Waals surface area contributed by atoms with Crippen molar-refractivity contribution in [3.05, 3.63) is 47.5 Å². The first kappa shape index (κ1) is 13.9. The topological polar surface area (TPSA) is 59.8 Å². The van der Waals surface area contributed by atoms with Gasteiger partial charge < -0.3 is 5.32 Å². The number of carbonyl (C=O) groups is 1. The van der Waals surface area contributed by atoms with E-state index >= 15 is 0 Å². The predicted molar refractivity (Wildman–Crippen MR) is 79.9 cm³/mol. The summed E-state index contributed by atoms with van der Waals surface area (Å²) in [5.41, 5.74) is 2.37. The van der Waals surface area contributed by atoms with Crippen molar-refractivity contribution >= 4 is 5.78 Å². The zero-order chi connectivity index (χ0) is 14.7. The van der Waals surface area contributed by atoms with E-state index in [4.69, 9.17) is 0 Å². The Hall–Kier alpha value is -2.01. The Balaban J connectivity index is 1.79. The second-order valence-electron chi connectivity index (χ2n) is 5.42. The molecular formula is C16H20N4O. The van der Waals surface area contributed by atoms with E-state index < -0.39 is 0 Å². The summed E-state index contributed by atoms with van der Waals surface area (Å²) in [5.74, 6) is 0.895. The SMILES string of the molecule is CCCn1ncnc1CC(=O)C1CNCc2ccccc21. The molecule has 1 aromatic carbocycles. The van der Waals surface area contributed by atoms with Gasteiger partial charge in [-0.1, -0.05) is 31.2 Å². The second-order valence-corrected chi connectivity index (χ2v) is 5.42. The Morgan fingerprint density at radius 2 is 2.29 bits per heavy atom. The molecule has 0 amide bonds. The fourth-order valence-corrected chi connectivity index (χ4v) is 2.89. The maximum Gasteiger partial charge on any atom is 0.149 e. The van der Waals surface area contributed by atoms with Crippen LogP contribution in [0.1, 0.15) is 36.2 Å². The standard InChI is InChI=1S/C16H20N4O/c1-2-7-20-16(18-11-19-20)8-15(21)14-10-17-9-12-5-3-4-6-13(12)14/h3-6,11,14,17H,2,7-10H2,1H3. The Morgan fingerprint density at radius 3 is 3.14 bits per heavy atom. The third-order valence-electron chi connectivity index (χ3n) is 3.95. The summed E-state index contributed by atoms with van der Waals surface area (Å²) in [6.45, 7) is 4.44. The number of fused-ring (bicyclic) bond motifs is 1. The summed E-state index contributed by atoms with van der Waals surface area (Å²) >= 11 is 0. The minimum absolute atomic E-state index is 0.0817. The third-order valence-corrected chi connectivity index (χ3v) is 3.95. The number of aromatic nitrogens is 3. The summed E-state index contributed by atoms with van der Waals surface area (Å²) in [6, 6.07) is 8.17. The van der Waals surface area contributed by atoms with Gasteiger partial charge in [-0.3, -0.25) is 4.79 Å². The zero-order valence-corrected chi connectivity index (χ0v) is 12.2. The molecule has 2 aromatic rings. The molecule has 0 bridgehead atoms. The molecule has 0 saturated heterocycles. The maximum atomic E-state index is 12.7. The highest BCUT2D eigenvalue weighted by molar-refractivity contribution is 5.88. The number of nitrogens with zero attached hydrogens (tertiary/aromatic N) is 3. The van der Waals surface area contributed by atoms with Gasteiger partial charge in [-0.05, 0) is 17.5 Å². The first-order valence-electron chi connectivity index (χ1n) is 7.47. The average Bonchev–Trinajstić information content (AvgIpc) is 2.94. The lowest BCUT2D eigenvalue weighted by Gasteiger charge is -2.25. The molecular weight excluding hydrogens is 264 g/mol. The number of hydrogen-bond acceptors (Lipinski definition) is 4. The number of aryl methyl sites for hydroxylation is 1. The van der Waals surface area contributed by atoms with E-state index in [0.29, 0.717) is 13.0 Å². The molecule has 5 heteroatoms. The molecule has 0 aliphatic carbocycles. The molecule has 0 fully saturated rings. The lowest BCUT2D eigenvalue weighted by Crippen LogP contribution is -2.33. The van der Waals surface area contributed by atoms with E-state index in [0.717, 1.165) is 30.9 Å². The van der Waals surface area contributed by atoms with Gasteiger partial charge in [0.15, 0.2) is 0 Å². The van der Waals surface area contributed by atoms with E-state index in [2.05, 4.69) is 34.5 Å². The summed E-state index contributed by atoms with van der Waals surface area (Å²) < 4.78 is 1.83. The molecule has 1 unspecified atom stereocenters. The van der Waals surface area contributed by atoms with E-state index in [9.17, 15) is 4.79 Å². The van der Waals surface area contributed by atoms with Gasteiger partial charge in [0.1, 0.15) is 17.9 Å². The van der Waals surface area contributed by atoms with Crippen molar-refractivity contribution in [3.8, 4) is 0 Å². The molecule has 1 N–H and O–H groups in total. The van der Waals surface area contributed by atoms with E-state index in [-0.39, 0.29) is 11.7 Å². The van der Waals surface area contributed by atoms with Gasteiger partial charge in [-0.2, -0.15) is 5.10 Å². The van der Waals surface area contributed by atoms with Crippen molar-refractivity contribution in [1.82, 2.24) is 20.1 Å². The van der Waals surface area contributed by atoms with Crippen molar-refractivity contribution in [1.29, 1.82) is 0 Å². The highest BCUT2D eigenvalue weighted by atomic mass is 16.1. The highest BCUT2D eigenvalue weighted by Crippen LogP contribution is 2.25. The van der Waals surface area contributed by atoms with Crippen LogP contribution in [0.2, 0.25) is 0 Å². The first-order valence-corrected chi connectivity index (χ1v) is 7.47. The smallest absolute Gasteiger partial charge is 0.149 e. The Labute approximate surface area is 124 Å². The Kier molecular flexibility index (Phi) is 4.10. The molecule has 0 saturated carbocycles. The monoisotopic (exact) mass is 284 g/mol. The van der Waals surface area contributed by atoms with Crippen molar-refractivity contribution < 1.29 is 4.79 Å². The van der Waals surface area contributed by atoms with E-state index in [1.807, 2.05) is 16.8 Å². The van der Waals surface area contributed by atoms with Gasteiger partial charge in [-0.25, -0.2) is 9.67 Å². The van der Waals surface area contributed by atoms with Crippen LogP contribution < -0.4 is 5.32 Å². The molecule has 1 aliphatic heterocycles. The summed E-state index contributed by atoms with van der Waals surface area (Å²) in [6.07, 6.45) is 2.87. The quantitative estimate of drug-likeness (QED) is 0.907. The van der Waals surface area contributed by atoms with Crippen LogP contribution in [-0.2, 0) is 24.3 Å². The lowest BCUT2D eigenvalue weighted by molar-refractivity contribution is -0.120. The van der Waals surface area contributed by atoms with Crippen molar-refractivity contribution in [2.24, 2.45) is 0 Å². The molecule has 21 heavy (non-hydrogen) atoms. The Bertz CT molecular complexity index is 635. The summed E-state index contributed by atoms with van der Waals surface area (Å²) in [7, 11) is 0. The second kappa shape index (κ2) is 6.18. The number of Topliss-reactive ketones (excluding diaryl/α,β-unsaturated/α-hetero) is 1. The molecule has 1 aromatic heterocycles. The van der Waals surface area contributed by atoms with Crippen LogP contribution in [0.4, 0.5) is 0 Å². The van der Waals surface area contributed by atoms with Crippen LogP contribution in [0.5, 0.6) is 0 Å². The average molecular weight is 284 g/mol. The molecule has 1 atom stereocenters. The van der Waals surface area contributed by atoms with E-state index in [1.165, 1.54) is 11.9 Å². The van der Waals surface area contributed by atoms with Crippen molar-refractivity contribution in [2.45, 2.75) is 38.8 Å². The predicted octanol–water partition coefficient (Wildman–Crippen LogP) is 1.69. The van der Waals surface area contributed by atoms with Crippen LogP contribution >= 0.6 is 0 Å². The van der Waals surface area contributed by atoms with Crippen molar-refractivity contribution in [2.75, 3.05) is 6.54 Å². The minimum atomic E-state index is -0.0817. The van der Waals surface area contributed by atoms with Crippen LogP contribution in [0.25, 0.3) is 0 Å². The van der Waals surface area contributed by atoms with Gasteiger partial charge in [0.2, 0.25) is 0 Å². The van der Waals surface area contributed by atoms with Gasteiger partial charge in [-0.15, -0.1) is 0 Å². The lowest BCUT2D eigenvalue weighted by atomic mass is 9.86. The van der Waals surface area contributed by atoms with Gasteiger partial charge >= 0.3 is 0 Å². The largest absolute Gasteiger partial charge is 0.312 e. The van der Waals surface area contributed by atoms with E-state index in [1.54, 1.807) is 0 Å². The van der Waals surface area contributed by atoms with Gasteiger partial charge in [0.05, 0.1) is 12.3 Å². The summed E-state index contributed by atoms with van der Waals surface area (Å²) in [4.78, 5) is 16.9. The number of rotatable bonds is 5. The van der Waals surface area contributed by atoms with Crippen LogP contribution in [0.3, 0.4) is 0 Å². The van der Waals surface area contributed by atoms with Crippen LogP contribution in [0, 0.1) is 0 Å². The molecule has 110 valence electrons. The highest BCUT2D eigenvalue weighted by Gasteiger charge is 2.26. The molecule has 3 rings (SSSR count). The normalized spacial score (nSPS) is 17.5. The number of carbonyl (C=O) groups excluding carboxylic acids is 1. The zero-order valence-electron chi connectivity index (χ0n) is 12.2. The first-order chi connectivity index (χ1) is 10.3. The van der Waals surface area contributed by atoms with Gasteiger partial charge in [0, 0.05) is 19.6 Å². The number of nitrogens with one attached hydrogen (secondary N) is 1. The number of ketones is 1. The van der Waals surface area contributed by atoms with Crippen LogP contribution in [-0.4, -0.2) is 27.1 Å². The molecule has 0 radical (unpaired) electrons. The van der Waals surface area contributed by atoms with Gasteiger partial charge in [0.25, 0.3) is 0 Å². The minimum Gasteiger partial charge on any atom is -0.312 e. The molecule has 5 nitrogen and oxygen atoms in total. The molecule has 2 heterocycles.